The lowest BCUT2D eigenvalue weighted by Gasteiger charge is -2.32. The number of nitrogens with zero attached hydrogens (tertiary/aromatic N) is 1. The highest BCUT2D eigenvalue weighted by atomic mass is 16.5. The van der Waals surface area contributed by atoms with Crippen LogP contribution in [-0.4, -0.2) is 42.5 Å². The quantitative estimate of drug-likeness (QED) is 0.696. The van der Waals surface area contributed by atoms with Gasteiger partial charge in [-0.2, -0.15) is 0 Å². The largest absolute Gasteiger partial charge is 0.497 e. The molecule has 1 fully saturated rings. The number of benzene rings is 2. The average molecular weight is 423 g/mol. The number of urea groups is 1. The van der Waals surface area contributed by atoms with Gasteiger partial charge in [0.05, 0.1) is 19.8 Å². The number of hydrogen-bond acceptors (Lipinski definition) is 5. The van der Waals surface area contributed by atoms with Gasteiger partial charge in [0, 0.05) is 12.1 Å². The molecular weight excluding hydrogens is 398 g/mol. The van der Waals surface area contributed by atoms with E-state index in [1.165, 1.54) is 0 Å². The molecular formula is C23H25N3O5. The van der Waals surface area contributed by atoms with Gasteiger partial charge in [0.15, 0.2) is 5.54 Å². The molecule has 2 aromatic rings. The van der Waals surface area contributed by atoms with Crippen molar-refractivity contribution in [1.82, 2.24) is 15.5 Å². The summed E-state index contributed by atoms with van der Waals surface area (Å²) in [6.45, 7) is 6.07. The zero-order chi connectivity index (χ0) is 22.3. The summed E-state index contributed by atoms with van der Waals surface area (Å²) in [5.74, 6) is 0.569. The van der Waals surface area contributed by atoms with Crippen LogP contribution in [0.2, 0.25) is 0 Å². The van der Waals surface area contributed by atoms with Crippen molar-refractivity contribution in [2.75, 3.05) is 13.7 Å². The Morgan fingerprint density at radius 1 is 1.10 bits per heavy atom. The molecule has 0 bridgehead atoms. The van der Waals surface area contributed by atoms with Gasteiger partial charge in [-0.3, -0.25) is 14.9 Å². The van der Waals surface area contributed by atoms with E-state index in [0.717, 1.165) is 11.1 Å². The molecule has 2 aliphatic rings. The Labute approximate surface area is 180 Å². The number of carbonyl (C=O) groups is 3. The van der Waals surface area contributed by atoms with Gasteiger partial charge < -0.3 is 19.7 Å². The van der Waals surface area contributed by atoms with Crippen LogP contribution in [0.3, 0.4) is 0 Å². The summed E-state index contributed by atoms with van der Waals surface area (Å²) in [4.78, 5) is 39.8. The number of amides is 4. The standard InChI is InChI=1S/C23H25N3O5/c1-13(2)31-17-7-8-19(14(3)9-17)23(21(28)24-22(29)25-23)12-26-11-15-5-6-16(30-4)10-18(15)20(26)27/h5-10,13H,11-12H2,1-4H3,(H2,24,25,28,29)/t23-/m0/s1. The van der Waals surface area contributed by atoms with Crippen LogP contribution in [0.25, 0.3) is 0 Å². The van der Waals surface area contributed by atoms with Crippen LogP contribution in [-0.2, 0) is 16.9 Å². The Kier molecular flexibility index (Phi) is 5.08. The molecule has 2 heterocycles. The fourth-order valence-electron chi connectivity index (χ4n) is 4.22. The van der Waals surface area contributed by atoms with Crippen molar-refractivity contribution in [3.8, 4) is 11.5 Å². The van der Waals surface area contributed by atoms with Crippen molar-refractivity contribution < 1.29 is 23.9 Å². The van der Waals surface area contributed by atoms with Crippen LogP contribution in [0.5, 0.6) is 11.5 Å². The van der Waals surface area contributed by atoms with E-state index >= 15 is 0 Å². The second-order valence-electron chi connectivity index (χ2n) is 8.14. The van der Waals surface area contributed by atoms with E-state index < -0.39 is 17.5 Å². The molecule has 1 saturated heterocycles. The first-order valence-corrected chi connectivity index (χ1v) is 10.1. The summed E-state index contributed by atoms with van der Waals surface area (Å²) in [6.07, 6.45) is 0.00593. The second kappa shape index (κ2) is 7.61. The molecule has 0 aromatic heterocycles. The lowest BCUT2D eigenvalue weighted by atomic mass is 9.86. The molecule has 2 aliphatic heterocycles. The maximum Gasteiger partial charge on any atom is 0.322 e. The number of aryl methyl sites for hydroxylation is 1. The van der Waals surface area contributed by atoms with Crippen molar-refractivity contribution in [2.45, 2.75) is 39.0 Å². The van der Waals surface area contributed by atoms with E-state index in [-0.39, 0.29) is 18.6 Å². The van der Waals surface area contributed by atoms with Gasteiger partial charge in [0.2, 0.25) is 0 Å². The summed E-state index contributed by atoms with van der Waals surface area (Å²) in [6, 6.07) is 10.1. The second-order valence-corrected chi connectivity index (χ2v) is 8.14. The number of carbonyl (C=O) groups excluding carboxylic acids is 3. The maximum absolute atomic E-state index is 13.1. The summed E-state index contributed by atoms with van der Waals surface area (Å²) in [5, 5.41) is 5.10. The molecule has 4 amide bonds. The van der Waals surface area contributed by atoms with E-state index in [0.29, 0.717) is 29.2 Å². The summed E-state index contributed by atoms with van der Waals surface area (Å²) in [5.41, 5.74) is 1.40. The Bertz CT molecular complexity index is 1080. The third kappa shape index (κ3) is 3.58. The molecule has 8 heteroatoms. The lowest BCUT2D eigenvalue weighted by Crippen LogP contribution is -2.53. The molecule has 31 heavy (non-hydrogen) atoms. The van der Waals surface area contributed by atoms with E-state index in [1.54, 1.807) is 36.3 Å². The maximum atomic E-state index is 13.1. The van der Waals surface area contributed by atoms with Crippen LogP contribution < -0.4 is 20.1 Å². The lowest BCUT2D eigenvalue weighted by molar-refractivity contribution is -0.124. The van der Waals surface area contributed by atoms with Gasteiger partial charge in [-0.25, -0.2) is 4.79 Å². The molecule has 2 N–H and O–H groups in total. The number of rotatable bonds is 6. The fourth-order valence-corrected chi connectivity index (χ4v) is 4.22. The number of methoxy groups -OCH3 is 1. The predicted molar refractivity (Wildman–Crippen MR) is 113 cm³/mol. The van der Waals surface area contributed by atoms with Crippen molar-refractivity contribution >= 4 is 17.8 Å². The molecule has 4 rings (SSSR count). The normalized spacial score (nSPS) is 20.0. The van der Waals surface area contributed by atoms with Crippen LogP contribution >= 0.6 is 0 Å². The third-order valence-electron chi connectivity index (χ3n) is 5.59. The molecule has 8 nitrogen and oxygen atoms in total. The summed E-state index contributed by atoms with van der Waals surface area (Å²) >= 11 is 0. The zero-order valence-corrected chi connectivity index (χ0v) is 17.9. The van der Waals surface area contributed by atoms with Crippen molar-refractivity contribution in [3.05, 3.63) is 58.7 Å². The van der Waals surface area contributed by atoms with Crippen molar-refractivity contribution in [3.63, 3.8) is 0 Å². The zero-order valence-electron chi connectivity index (χ0n) is 17.9. The Morgan fingerprint density at radius 2 is 1.84 bits per heavy atom. The van der Waals surface area contributed by atoms with E-state index in [4.69, 9.17) is 9.47 Å². The van der Waals surface area contributed by atoms with Gasteiger partial charge in [-0.05, 0) is 61.7 Å². The minimum absolute atomic E-state index is 0.00558. The highest BCUT2D eigenvalue weighted by Gasteiger charge is 2.51. The van der Waals surface area contributed by atoms with Gasteiger partial charge in [0.1, 0.15) is 11.5 Å². The fraction of sp³-hybridized carbons (Fsp3) is 0.348. The van der Waals surface area contributed by atoms with Gasteiger partial charge in [-0.15, -0.1) is 0 Å². The average Bonchev–Trinajstić information content (AvgIpc) is 3.17. The summed E-state index contributed by atoms with van der Waals surface area (Å²) < 4.78 is 11.0. The van der Waals surface area contributed by atoms with Crippen LogP contribution in [0.4, 0.5) is 4.79 Å². The molecule has 162 valence electrons. The smallest absolute Gasteiger partial charge is 0.322 e. The van der Waals surface area contributed by atoms with Gasteiger partial charge in [0.25, 0.3) is 11.8 Å². The highest BCUT2D eigenvalue weighted by Crippen LogP contribution is 2.34. The van der Waals surface area contributed by atoms with E-state index in [1.807, 2.05) is 32.9 Å². The van der Waals surface area contributed by atoms with Crippen LogP contribution in [0, 0.1) is 6.92 Å². The molecule has 0 radical (unpaired) electrons. The monoisotopic (exact) mass is 423 g/mol. The van der Waals surface area contributed by atoms with Crippen LogP contribution in [0.15, 0.2) is 36.4 Å². The predicted octanol–water partition coefficient (Wildman–Crippen LogP) is 2.48. The van der Waals surface area contributed by atoms with Crippen molar-refractivity contribution in [1.29, 1.82) is 0 Å². The number of imide groups is 1. The topological polar surface area (TPSA) is 97.0 Å². The minimum Gasteiger partial charge on any atom is -0.497 e. The first-order chi connectivity index (χ1) is 14.7. The van der Waals surface area contributed by atoms with E-state index in [9.17, 15) is 14.4 Å². The first kappa shape index (κ1) is 20.7. The molecule has 1 atom stereocenters. The molecule has 2 aromatic carbocycles. The molecule has 0 saturated carbocycles. The van der Waals surface area contributed by atoms with Crippen LogP contribution in [0.1, 0.15) is 40.9 Å². The summed E-state index contributed by atoms with van der Waals surface area (Å²) in [7, 11) is 1.54. The molecule has 0 aliphatic carbocycles. The first-order valence-electron chi connectivity index (χ1n) is 10.1. The molecule has 0 spiro atoms. The Hall–Kier alpha value is -3.55. The van der Waals surface area contributed by atoms with Gasteiger partial charge in [-0.1, -0.05) is 12.1 Å². The number of nitrogens with one attached hydrogen (secondary N) is 2. The molecule has 0 unspecified atom stereocenters. The third-order valence-corrected chi connectivity index (χ3v) is 5.59. The Morgan fingerprint density at radius 3 is 2.45 bits per heavy atom. The Balaban J connectivity index is 1.70. The number of fused-ring (bicyclic) bond motifs is 1. The highest BCUT2D eigenvalue weighted by molar-refractivity contribution is 6.08. The van der Waals surface area contributed by atoms with E-state index in [2.05, 4.69) is 10.6 Å². The number of hydrogen-bond donors (Lipinski definition) is 2. The van der Waals surface area contributed by atoms with Gasteiger partial charge >= 0.3 is 6.03 Å². The number of ether oxygens (including phenoxy) is 2. The SMILES string of the molecule is COc1ccc2c(c1)C(=O)N(C[C@@]1(c3ccc(OC(C)C)cc3C)NC(=O)NC1=O)C2. The van der Waals surface area contributed by atoms with Crippen molar-refractivity contribution in [2.24, 2.45) is 0 Å². The minimum atomic E-state index is -1.39.